The number of carbonyl (C=O) groups is 2. The normalized spacial score (nSPS) is 10.1. The molecule has 2 amide bonds. The average molecular weight is 321 g/mol. The van der Waals surface area contributed by atoms with Crippen LogP contribution in [0.3, 0.4) is 0 Å². The lowest BCUT2D eigenvalue weighted by Crippen LogP contribution is -2.23. The third kappa shape index (κ3) is 3.62. The Bertz CT molecular complexity index is 699. The van der Waals surface area contributed by atoms with E-state index in [2.05, 4.69) is 10.6 Å². The molecule has 0 heterocycles. The second kappa shape index (κ2) is 7.04. The van der Waals surface area contributed by atoms with Crippen LogP contribution in [-0.2, 0) is 0 Å². The van der Waals surface area contributed by atoms with Crippen LogP contribution in [0.15, 0.2) is 42.5 Å². The molecule has 22 heavy (non-hydrogen) atoms. The number of nitrogens with one attached hydrogen (secondary N) is 2. The maximum absolute atomic E-state index is 13.7. The maximum Gasteiger partial charge on any atom is 0.260 e. The molecule has 114 valence electrons. The zero-order chi connectivity index (χ0) is 16.1. The average Bonchev–Trinajstić information content (AvgIpc) is 2.47. The van der Waals surface area contributed by atoms with E-state index in [0.717, 1.165) is 6.07 Å². The molecule has 0 saturated carbocycles. The van der Waals surface area contributed by atoms with Crippen molar-refractivity contribution in [2.24, 2.45) is 0 Å². The minimum atomic E-state index is -0.704. The van der Waals surface area contributed by atoms with Gasteiger partial charge in [0.25, 0.3) is 11.8 Å². The highest BCUT2D eigenvalue weighted by molar-refractivity contribution is 6.34. The fourth-order valence-electron chi connectivity index (χ4n) is 1.91. The van der Waals surface area contributed by atoms with Gasteiger partial charge in [-0.15, -0.1) is 0 Å². The minimum Gasteiger partial charge on any atom is -0.352 e. The maximum atomic E-state index is 13.7. The highest BCUT2D eigenvalue weighted by Crippen LogP contribution is 2.21. The second-order valence-corrected chi connectivity index (χ2v) is 4.90. The van der Waals surface area contributed by atoms with Gasteiger partial charge in [-0.1, -0.05) is 23.7 Å². The van der Waals surface area contributed by atoms with E-state index in [1.165, 1.54) is 18.2 Å². The van der Waals surface area contributed by atoms with Gasteiger partial charge in [-0.2, -0.15) is 0 Å². The summed E-state index contributed by atoms with van der Waals surface area (Å²) in [4.78, 5) is 23.9. The second-order valence-electron chi connectivity index (χ2n) is 4.49. The third-order valence-corrected chi connectivity index (χ3v) is 3.22. The first-order valence-electron chi connectivity index (χ1n) is 6.66. The Labute approximate surface area is 132 Å². The number of carbonyl (C=O) groups excluding carboxylic acids is 2. The zero-order valence-corrected chi connectivity index (χ0v) is 12.6. The first kappa shape index (κ1) is 16.0. The Morgan fingerprint density at radius 3 is 2.55 bits per heavy atom. The van der Waals surface area contributed by atoms with Crippen molar-refractivity contribution in [2.45, 2.75) is 6.92 Å². The molecule has 0 radical (unpaired) electrons. The van der Waals surface area contributed by atoms with Gasteiger partial charge in [0.1, 0.15) is 5.82 Å². The highest BCUT2D eigenvalue weighted by Gasteiger charge is 2.16. The largest absolute Gasteiger partial charge is 0.352 e. The summed E-state index contributed by atoms with van der Waals surface area (Å²) in [5.74, 6) is -1.62. The molecule has 0 aliphatic carbocycles. The number of anilines is 1. The molecular formula is C16H14ClFN2O2. The first-order chi connectivity index (χ1) is 10.5. The number of rotatable bonds is 4. The molecule has 2 aromatic carbocycles. The summed E-state index contributed by atoms with van der Waals surface area (Å²) >= 11 is 5.85. The molecule has 0 aliphatic rings. The Balaban J connectivity index is 2.22. The van der Waals surface area contributed by atoms with Crippen LogP contribution in [-0.4, -0.2) is 18.4 Å². The molecule has 4 nitrogen and oxygen atoms in total. The van der Waals surface area contributed by atoms with Crippen LogP contribution < -0.4 is 10.6 Å². The Morgan fingerprint density at radius 1 is 1.14 bits per heavy atom. The molecule has 0 spiro atoms. The van der Waals surface area contributed by atoms with Crippen LogP contribution >= 0.6 is 11.6 Å². The van der Waals surface area contributed by atoms with Gasteiger partial charge < -0.3 is 10.6 Å². The van der Waals surface area contributed by atoms with E-state index in [1.54, 1.807) is 18.2 Å². The molecule has 0 saturated heterocycles. The van der Waals surface area contributed by atoms with Crippen molar-refractivity contribution in [3.63, 3.8) is 0 Å². The predicted molar refractivity (Wildman–Crippen MR) is 83.8 cm³/mol. The lowest BCUT2D eigenvalue weighted by atomic mass is 10.1. The van der Waals surface area contributed by atoms with Crippen molar-refractivity contribution in [2.75, 3.05) is 11.9 Å². The molecule has 0 fully saturated rings. The van der Waals surface area contributed by atoms with E-state index < -0.39 is 11.7 Å². The van der Waals surface area contributed by atoms with E-state index in [4.69, 9.17) is 11.6 Å². The molecule has 2 N–H and O–H groups in total. The van der Waals surface area contributed by atoms with Crippen LogP contribution in [0.2, 0.25) is 5.02 Å². The molecule has 2 aromatic rings. The van der Waals surface area contributed by atoms with Gasteiger partial charge in [-0.25, -0.2) is 4.39 Å². The lowest BCUT2D eigenvalue weighted by Gasteiger charge is -2.09. The fraction of sp³-hybridized carbons (Fsp3) is 0.125. The Kier molecular flexibility index (Phi) is 5.12. The summed E-state index contributed by atoms with van der Waals surface area (Å²) in [7, 11) is 0. The number of amides is 2. The number of hydrogen-bond donors (Lipinski definition) is 2. The number of benzene rings is 2. The molecule has 0 bridgehead atoms. The Morgan fingerprint density at radius 2 is 1.86 bits per heavy atom. The van der Waals surface area contributed by atoms with Crippen LogP contribution in [0.25, 0.3) is 0 Å². The molecule has 0 aromatic heterocycles. The van der Waals surface area contributed by atoms with Crippen molar-refractivity contribution in [1.82, 2.24) is 5.32 Å². The predicted octanol–water partition coefficient (Wildman–Crippen LogP) is 3.48. The summed E-state index contributed by atoms with van der Waals surface area (Å²) in [6, 6.07) is 10.4. The summed E-state index contributed by atoms with van der Waals surface area (Å²) in [6.45, 7) is 2.31. The minimum absolute atomic E-state index is 0.0254. The van der Waals surface area contributed by atoms with Crippen molar-refractivity contribution in [1.29, 1.82) is 0 Å². The lowest BCUT2D eigenvalue weighted by molar-refractivity contribution is 0.0954. The summed E-state index contributed by atoms with van der Waals surface area (Å²) in [6.07, 6.45) is 0. The highest BCUT2D eigenvalue weighted by atomic mass is 35.5. The molecule has 0 atom stereocenters. The first-order valence-corrected chi connectivity index (χ1v) is 7.04. The van der Waals surface area contributed by atoms with Crippen molar-refractivity contribution in [3.8, 4) is 0 Å². The van der Waals surface area contributed by atoms with Gasteiger partial charge in [0.15, 0.2) is 0 Å². The standard InChI is InChI=1S/C16H14ClFN2O2/c1-2-19-15(21)10-5-3-6-11(9-10)20-16(22)14-12(17)7-4-8-13(14)18/h3-9H,2H2,1H3,(H,19,21)(H,20,22). The van der Waals surface area contributed by atoms with Gasteiger partial charge in [-0.3, -0.25) is 9.59 Å². The van der Waals surface area contributed by atoms with E-state index in [9.17, 15) is 14.0 Å². The van der Waals surface area contributed by atoms with Crippen LogP contribution in [0.5, 0.6) is 0 Å². The van der Waals surface area contributed by atoms with E-state index in [0.29, 0.717) is 17.8 Å². The topological polar surface area (TPSA) is 58.2 Å². The molecule has 0 unspecified atom stereocenters. The summed E-state index contributed by atoms with van der Waals surface area (Å²) in [5, 5.41) is 5.22. The fourth-order valence-corrected chi connectivity index (χ4v) is 2.16. The van der Waals surface area contributed by atoms with Crippen molar-refractivity contribution < 1.29 is 14.0 Å². The van der Waals surface area contributed by atoms with Crippen LogP contribution in [0.1, 0.15) is 27.6 Å². The van der Waals surface area contributed by atoms with E-state index in [1.807, 2.05) is 6.92 Å². The smallest absolute Gasteiger partial charge is 0.260 e. The van der Waals surface area contributed by atoms with Crippen molar-refractivity contribution >= 4 is 29.1 Å². The van der Waals surface area contributed by atoms with Crippen LogP contribution in [0.4, 0.5) is 10.1 Å². The van der Waals surface area contributed by atoms with Gasteiger partial charge in [0, 0.05) is 17.8 Å². The Hall–Kier alpha value is -2.40. The molecule has 6 heteroatoms. The van der Waals surface area contributed by atoms with Crippen molar-refractivity contribution in [3.05, 3.63) is 64.4 Å². The van der Waals surface area contributed by atoms with E-state index in [-0.39, 0.29) is 16.5 Å². The van der Waals surface area contributed by atoms with Gasteiger partial charge in [0.2, 0.25) is 0 Å². The molecule has 0 aliphatic heterocycles. The number of halogens is 2. The SMILES string of the molecule is CCNC(=O)c1cccc(NC(=O)c2c(F)cccc2Cl)c1. The number of hydrogen-bond acceptors (Lipinski definition) is 2. The van der Waals surface area contributed by atoms with Crippen LogP contribution in [0, 0.1) is 5.82 Å². The summed E-state index contributed by atoms with van der Waals surface area (Å²) in [5.41, 5.74) is 0.555. The monoisotopic (exact) mass is 320 g/mol. The van der Waals surface area contributed by atoms with Gasteiger partial charge in [-0.05, 0) is 37.3 Å². The van der Waals surface area contributed by atoms with Gasteiger partial charge >= 0.3 is 0 Å². The van der Waals surface area contributed by atoms with Gasteiger partial charge in [0.05, 0.1) is 10.6 Å². The summed E-state index contributed by atoms with van der Waals surface area (Å²) < 4.78 is 13.7. The quantitative estimate of drug-likeness (QED) is 0.906. The zero-order valence-electron chi connectivity index (χ0n) is 11.8. The van der Waals surface area contributed by atoms with E-state index >= 15 is 0 Å². The molecular weight excluding hydrogens is 307 g/mol. The molecule has 2 rings (SSSR count). The third-order valence-electron chi connectivity index (χ3n) is 2.91.